The summed E-state index contributed by atoms with van der Waals surface area (Å²) in [4.78, 5) is 0. The maximum atomic E-state index is 6.53. The van der Waals surface area contributed by atoms with E-state index in [1.54, 1.807) is 0 Å². The van der Waals surface area contributed by atoms with E-state index in [4.69, 9.17) is 4.74 Å². The van der Waals surface area contributed by atoms with E-state index in [1.807, 2.05) is 0 Å². The molecule has 0 aromatic heterocycles. The molecule has 2 fully saturated rings. The molecule has 1 saturated heterocycles. The zero-order valence-electron chi connectivity index (χ0n) is 12.5. The van der Waals surface area contributed by atoms with Crippen LogP contribution in [0.25, 0.3) is 0 Å². The minimum absolute atomic E-state index is 0.207. The second-order valence-electron chi connectivity index (χ2n) is 7.35. The predicted molar refractivity (Wildman–Crippen MR) is 75.8 cm³/mol. The zero-order valence-corrected chi connectivity index (χ0v) is 12.5. The molecule has 2 bridgehead atoms. The summed E-state index contributed by atoms with van der Waals surface area (Å²) in [6.07, 6.45) is 3.91. The smallest absolute Gasteiger partial charge is 0.139 e. The maximum Gasteiger partial charge on any atom is 0.139 e. The average molecular weight is 236 g/mol. The zero-order chi connectivity index (χ0) is 12.8. The van der Waals surface area contributed by atoms with E-state index >= 15 is 0 Å². The van der Waals surface area contributed by atoms with Crippen LogP contribution in [0.5, 0.6) is 0 Å². The van der Waals surface area contributed by atoms with Gasteiger partial charge >= 0.3 is 0 Å². The van der Waals surface area contributed by atoms with Crippen molar-refractivity contribution >= 4 is 7.85 Å². The lowest BCUT2D eigenvalue weighted by Gasteiger charge is -2.45. The number of rotatable bonds is 3. The van der Waals surface area contributed by atoms with Gasteiger partial charge < -0.3 is 4.74 Å². The summed E-state index contributed by atoms with van der Waals surface area (Å²) in [7, 11) is 2.31. The van der Waals surface area contributed by atoms with Crippen molar-refractivity contribution < 1.29 is 4.74 Å². The highest BCUT2D eigenvalue weighted by atomic mass is 16.5. The van der Waals surface area contributed by atoms with Crippen molar-refractivity contribution in [3.63, 3.8) is 0 Å². The third-order valence-corrected chi connectivity index (χ3v) is 5.14. The predicted octanol–water partition coefficient (Wildman–Crippen LogP) is 3.08. The first-order valence-corrected chi connectivity index (χ1v) is 7.55. The maximum absolute atomic E-state index is 6.53. The highest BCUT2D eigenvalue weighted by molar-refractivity contribution is 6.11. The number of hydrogen-bond acceptors (Lipinski definition) is 1. The first kappa shape index (κ1) is 13.5. The normalized spacial score (nSPS) is 45.8. The molecule has 1 aliphatic carbocycles. The molecule has 0 radical (unpaired) electrons. The minimum atomic E-state index is 0.207. The lowest BCUT2D eigenvalue weighted by atomic mass is 9.58. The van der Waals surface area contributed by atoms with Crippen LogP contribution in [0.1, 0.15) is 53.9 Å². The van der Waals surface area contributed by atoms with E-state index in [9.17, 15) is 0 Å². The van der Waals surface area contributed by atoms with Gasteiger partial charge in [-0.15, -0.1) is 0 Å². The lowest BCUT2D eigenvalue weighted by molar-refractivity contribution is -0.0715. The standard InChI is InChI=1S/C15H29BO/c1-9(2)8-15-7-6-11(5)12(14(16)17-15)13(15)10(3)4/h9-14H,6-8,16H2,1-5H3. The largest absolute Gasteiger partial charge is 0.380 e. The second kappa shape index (κ2) is 4.61. The van der Waals surface area contributed by atoms with Crippen molar-refractivity contribution in [2.24, 2.45) is 29.6 Å². The van der Waals surface area contributed by atoms with Gasteiger partial charge in [-0.25, -0.2) is 0 Å². The fraction of sp³-hybridized carbons (Fsp3) is 1.00. The Balaban J connectivity index is 2.30. The van der Waals surface area contributed by atoms with Crippen LogP contribution in [0.4, 0.5) is 0 Å². The molecule has 0 aromatic rings. The van der Waals surface area contributed by atoms with Gasteiger partial charge in [0.15, 0.2) is 0 Å². The molecule has 1 heterocycles. The van der Waals surface area contributed by atoms with Crippen LogP contribution >= 0.6 is 0 Å². The average Bonchev–Trinajstić information content (AvgIpc) is 2.41. The fourth-order valence-electron chi connectivity index (χ4n) is 4.91. The summed E-state index contributed by atoms with van der Waals surface area (Å²) in [6.45, 7) is 11.9. The first-order valence-electron chi connectivity index (χ1n) is 7.55. The Hall–Kier alpha value is 0.0249. The minimum Gasteiger partial charge on any atom is -0.380 e. The topological polar surface area (TPSA) is 9.23 Å². The third kappa shape index (κ3) is 2.18. The molecule has 1 nitrogen and oxygen atoms in total. The molecule has 98 valence electrons. The molecule has 0 amide bonds. The second-order valence-corrected chi connectivity index (χ2v) is 7.35. The van der Waals surface area contributed by atoms with E-state index in [0.29, 0.717) is 6.00 Å². The Morgan fingerprint density at radius 1 is 1.29 bits per heavy atom. The summed E-state index contributed by atoms with van der Waals surface area (Å²) in [6, 6.07) is 0.471. The molecule has 1 saturated carbocycles. The van der Waals surface area contributed by atoms with E-state index in [2.05, 4.69) is 42.5 Å². The summed E-state index contributed by atoms with van der Waals surface area (Å²) in [5, 5.41) is 0. The summed E-state index contributed by atoms with van der Waals surface area (Å²) in [5.74, 6) is 3.92. The van der Waals surface area contributed by atoms with Crippen molar-refractivity contribution in [1.82, 2.24) is 0 Å². The van der Waals surface area contributed by atoms with Crippen molar-refractivity contribution in [3.05, 3.63) is 0 Å². The Bertz CT molecular complexity index is 276. The first-order chi connectivity index (χ1) is 7.87. The highest BCUT2D eigenvalue weighted by Gasteiger charge is 2.57. The molecule has 17 heavy (non-hydrogen) atoms. The molecule has 2 rings (SSSR count). The lowest BCUT2D eigenvalue weighted by Crippen LogP contribution is -2.45. The van der Waals surface area contributed by atoms with Gasteiger partial charge in [0, 0.05) is 6.00 Å². The molecule has 0 N–H and O–H groups in total. The molecular weight excluding hydrogens is 207 g/mol. The van der Waals surface area contributed by atoms with Crippen LogP contribution in [0.3, 0.4) is 0 Å². The van der Waals surface area contributed by atoms with Gasteiger partial charge in [0.2, 0.25) is 0 Å². The van der Waals surface area contributed by atoms with Gasteiger partial charge in [0.25, 0.3) is 0 Å². The molecule has 1 aliphatic heterocycles. The SMILES string of the molecule is BC1OC2(CC(C)C)CCC(C)C1C2C(C)C. The fourth-order valence-corrected chi connectivity index (χ4v) is 4.91. The molecule has 5 unspecified atom stereocenters. The molecule has 5 atom stereocenters. The monoisotopic (exact) mass is 236 g/mol. The van der Waals surface area contributed by atoms with Gasteiger partial charge in [0.05, 0.1) is 5.60 Å². The van der Waals surface area contributed by atoms with Crippen LogP contribution in [-0.4, -0.2) is 19.5 Å². The number of hydrogen-bond donors (Lipinski definition) is 0. The van der Waals surface area contributed by atoms with Gasteiger partial charge in [-0.2, -0.15) is 0 Å². The van der Waals surface area contributed by atoms with E-state index < -0.39 is 0 Å². The van der Waals surface area contributed by atoms with Crippen LogP contribution in [0.15, 0.2) is 0 Å². The van der Waals surface area contributed by atoms with Gasteiger partial charge in [0.1, 0.15) is 7.85 Å². The number of ether oxygens (including phenoxy) is 1. The highest BCUT2D eigenvalue weighted by Crippen LogP contribution is 2.56. The summed E-state index contributed by atoms with van der Waals surface area (Å²) < 4.78 is 6.53. The Kier molecular flexibility index (Phi) is 3.65. The Morgan fingerprint density at radius 2 is 1.94 bits per heavy atom. The van der Waals surface area contributed by atoms with Crippen molar-refractivity contribution in [1.29, 1.82) is 0 Å². The van der Waals surface area contributed by atoms with Crippen molar-refractivity contribution in [2.75, 3.05) is 0 Å². The van der Waals surface area contributed by atoms with Crippen molar-refractivity contribution in [2.45, 2.75) is 65.5 Å². The van der Waals surface area contributed by atoms with Crippen LogP contribution in [0.2, 0.25) is 0 Å². The molecule has 0 aromatic carbocycles. The van der Waals surface area contributed by atoms with Gasteiger partial charge in [-0.3, -0.25) is 0 Å². The quantitative estimate of drug-likeness (QED) is 0.684. The summed E-state index contributed by atoms with van der Waals surface area (Å²) >= 11 is 0. The van der Waals surface area contributed by atoms with Crippen LogP contribution in [0, 0.1) is 29.6 Å². The molecular formula is C15H29BO. The van der Waals surface area contributed by atoms with Crippen molar-refractivity contribution in [3.8, 4) is 0 Å². The van der Waals surface area contributed by atoms with Crippen LogP contribution in [-0.2, 0) is 4.74 Å². The molecule has 0 spiro atoms. The summed E-state index contributed by atoms with van der Waals surface area (Å²) in [5.41, 5.74) is 0.207. The van der Waals surface area contributed by atoms with Gasteiger partial charge in [-0.1, -0.05) is 34.6 Å². The molecule has 2 heteroatoms. The number of fused-ring (bicyclic) bond motifs is 2. The van der Waals surface area contributed by atoms with E-state index in [-0.39, 0.29) is 5.60 Å². The van der Waals surface area contributed by atoms with E-state index in [0.717, 1.165) is 29.6 Å². The Morgan fingerprint density at radius 3 is 2.47 bits per heavy atom. The third-order valence-electron chi connectivity index (χ3n) is 5.14. The Labute approximate surface area is 108 Å². The van der Waals surface area contributed by atoms with E-state index in [1.165, 1.54) is 19.3 Å². The van der Waals surface area contributed by atoms with Crippen LogP contribution < -0.4 is 0 Å². The molecule has 2 aliphatic rings. The van der Waals surface area contributed by atoms with Gasteiger partial charge in [-0.05, 0) is 48.9 Å².